The Labute approximate surface area is 151 Å². The lowest BCUT2D eigenvalue weighted by atomic mass is 10.0. The molecule has 1 aromatic carbocycles. The molecule has 0 amide bonds. The number of carbonyl (C=O) groups is 1. The zero-order chi connectivity index (χ0) is 18.5. The normalized spacial score (nSPS) is 12.1. The van der Waals surface area contributed by atoms with Crippen LogP contribution in [0.3, 0.4) is 0 Å². The number of nitrogens with one attached hydrogen (secondary N) is 1. The maximum Gasteiger partial charge on any atom is 0.376 e. The second-order valence-corrected chi connectivity index (χ2v) is 5.97. The van der Waals surface area contributed by atoms with Gasteiger partial charge < -0.3 is 14.6 Å². The third kappa shape index (κ3) is 3.66. The number of rotatable bonds is 7. The van der Waals surface area contributed by atoms with Gasteiger partial charge in [-0.25, -0.2) is 9.78 Å². The van der Waals surface area contributed by atoms with Gasteiger partial charge in [-0.15, -0.1) is 0 Å². The van der Waals surface area contributed by atoms with Gasteiger partial charge in [0.2, 0.25) is 5.82 Å². The number of nitrogens with zero attached hydrogens (tertiary/aromatic N) is 3. The molecule has 7 nitrogen and oxygen atoms in total. The molecule has 0 bridgehead atoms. The van der Waals surface area contributed by atoms with E-state index in [1.165, 1.54) is 5.56 Å². The monoisotopic (exact) mass is 354 g/mol. The molecule has 1 N–H and O–H groups in total. The summed E-state index contributed by atoms with van der Waals surface area (Å²) in [6, 6.07) is 10.2. The molecule has 2 heterocycles. The second kappa shape index (κ2) is 7.95. The Bertz CT molecular complexity index is 892. The first-order valence-electron chi connectivity index (χ1n) is 8.76. The summed E-state index contributed by atoms with van der Waals surface area (Å²) in [5.74, 6) is 0.187. The number of benzene rings is 1. The molecule has 136 valence electrons. The Morgan fingerprint density at radius 3 is 2.69 bits per heavy atom. The van der Waals surface area contributed by atoms with E-state index in [-0.39, 0.29) is 24.1 Å². The van der Waals surface area contributed by atoms with Crippen molar-refractivity contribution >= 4 is 22.9 Å². The third-order valence-electron chi connectivity index (χ3n) is 4.14. The van der Waals surface area contributed by atoms with Crippen molar-refractivity contribution in [3.63, 3.8) is 0 Å². The fourth-order valence-corrected chi connectivity index (χ4v) is 2.72. The minimum atomic E-state index is -0.581. The summed E-state index contributed by atoms with van der Waals surface area (Å²) in [7, 11) is 0. The molecule has 0 saturated heterocycles. The highest BCUT2D eigenvalue weighted by molar-refractivity contribution is 5.93. The number of esters is 1. The lowest BCUT2D eigenvalue weighted by Gasteiger charge is -2.14. The highest BCUT2D eigenvalue weighted by Crippen LogP contribution is 2.26. The Balaban J connectivity index is 1.91. The van der Waals surface area contributed by atoms with Crippen molar-refractivity contribution in [2.75, 3.05) is 18.5 Å². The minimum absolute atomic E-state index is 0.0342. The molecule has 26 heavy (non-hydrogen) atoms. The van der Waals surface area contributed by atoms with Gasteiger partial charge >= 0.3 is 5.97 Å². The van der Waals surface area contributed by atoms with Gasteiger partial charge in [0.25, 0.3) is 5.71 Å². The summed E-state index contributed by atoms with van der Waals surface area (Å²) >= 11 is 0. The zero-order valence-corrected chi connectivity index (χ0v) is 15.2. The van der Waals surface area contributed by atoms with Crippen molar-refractivity contribution < 1.29 is 14.1 Å². The molecular weight excluding hydrogens is 332 g/mol. The number of carbonyl (C=O) groups excluding carboxylic acids is 1. The number of aryl methyl sites for hydroxylation is 1. The van der Waals surface area contributed by atoms with Crippen molar-refractivity contribution in [3.8, 4) is 0 Å². The van der Waals surface area contributed by atoms with Crippen LogP contribution < -0.4 is 5.32 Å². The van der Waals surface area contributed by atoms with E-state index in [0.29, 0.717) is 24.2 Å². The highest BCUT2D eigenvalue weighted by Gasteiger charge is 2.21. The van der Waals surface area contributed by atoms with Crippen LogP contribution in [0.25, 0.3) is 11.1 Å². The quantitative estimate of drug-likeness (QED) is 0.649. The molecule has 3 rings (SSSR count). The van der Waals surface area contributed by atoms with Crippen molar-refractivity contribution in [1.29, 1.82) is 0 Å². The van der Waals surface area contributed by atoms with Gasteiger partial charge in [-0.2, -0.15) is 4.98 Å². The molecule has 0 radical (unpaired) electrons. The molecule has 3 aromatic rings. The number of anilines is 1. The number of ether oxygens (including phenoxy) is 1. The first-order valence-corrected chi connectivity index (χ1v) is 8.76. The fraction of sp³-hybridized carbons (Fsp3) is 0.368. The van der Waals surface area contributed by atoms with E-state index >= 15 is 0 Å². The van der Waals surface area contributed by atoms with Gasteiger partial charge in [0, 0.05) is 6.54 Å². The van der Waals surface area contributed by atoms with Crippen molar-refractivity contribution in [2.45, 2.75) is 33.1 Å². The van der Waals surface area contributed by atoms with E-state index in [0.717, 1.165) is 5.69 Å². The van der Waals surface area contributed by atoms with Crippen LogP contribution >= 0.6 is 0 Å². The number of hydrogen-bond acceptors (Lipinski definition) is 7. The zero-order valence-electron chi connectivity index (χ0n) is 15.2. The summed E-state index contributed by atoms with van der Waals surface area (Å²) in [6.07, 6.45) is 0.679. The largest absolute Gasteiger partial charge is 0.460 e. The molecule has 0 saturated carbocycles. The summed E-state index contributed by atoms with van der Waals surface area (Å²) < 4.78 is 10.3. The number of aromatic nitrogens is 3. The number of fused-ring (bicyclic) bond motifs is 1. The van der Waals surface area contributed by atoms with Crippen LogP contribution in [0.2, 0.25) is 0 Å². The van der Waals surface area contributed by atoms with Gasteiger partial charge in [-0.3, -0.25) is 0 Å². The van der Waals surface area contributed by atoms with E-state index in [1.54, 1.807) is 6.92 Å². The van der Waals surface area contributed by atoms with Crippen LogP contribution in [-0.2, 0) is 11.2 Å². The average molecular weight is 354 g/mol. The smallest absolute Gasteiger partial charge is 0.376 e. The Kier molecular flexibility index (Phi) is 5.46. The summed E-state index contributed by atoms with van der Waals surface area (Å²) in [5.41, 5.74) is 2.26. The Morgan fingerprint density at radius 1 is 1.23 bits per heavy atom. The van der Waals surface area contributed by atoms with Crippen molar-refractivity contribution in [2.24, 2.45) is 0 Å². The molecule has 0 fully saturated rings. The van der Waals surface area contributed by atoms with Gasteiger partial charge in [0.1, 0.15) is 11.2 Å². The lowest BCUT2D eigenvalue weighted by Crippen LogP contribution is -2.15. The highest BCUT2D eigenvalue weighted by atomic mass is 16.5. The molecular formula is C19H22N4O3. The van der Waals surface area contributed by atoms with Crippen molar-refractivity contribution in [1.82, 2.24) is 15.1 Å². The molecule has 1 atom stereocenters. The summed E-state index contributed by atoms with van der Waals surface area (Å²) in [5, 5.41) is 8.07. The SMILES string of the molecule is CCOC(=O)c1nc(NC[C@H](C)c2ccccc2)c2c(CC)noc2n1. The van der Waals surface area contributed by atoms with E-state index < -0.39 is 5.97 Å². The van der Waals surface area contributed by atoms with Crippen molar-refractivity contribution in [3.05, 3.63) is 47.4 Å². The first kappa shape index (κ1) is 17.8. The van der Waals surface area contributed by atoms with Crippen LogP contribution in [0.1, 0.15) is 48.6 Å². The van der Waals surface area contributed by atoms with Crippen LogP contribution in [0.15, 0.2) is 34.9 Å². The minimum Gasteiger partial charge on any atom is -0.460 e. The summed E-state index contributed by atoms with van der Waals surface area (Å²) in [4.78, 5) is 20.6. The standard InChI is InChI=1S/C19H22N4O3/c1-4-14-15-16(20-11-12(3)13-9-7-6-8-10-13)21-17(19(24)25-5-2)22-18(15)26-23-14/h6-10,12H,4-5,11H2,1-3H3,(H,20,21,22)/t12-/m0/s1. The lowest BCUT2D eigenvalue weighted by molar-refractivity contribution is 0.0512. The predicted octanol–water partition coefficient (Wildman–Crippen LogP) is 3.57. The van der Waals surface area contributed by atoms with Gasteiger partial charge in [-0.05, 0) is 24.8 Å². The fourth-order valence-electron chi connectivity index (χ4n) is 2.72. The molecule has 0 aliphatic heterocycles. The Hall–Kier alpha value is -2.96. The second-order valence-electron chi connectivity index (χ2n) is 5.97. The van der Waals surface area contributed by atoms with E-state index in [4.69, 9.17) is 9.26 Å². The van der Waals surface area contributed by atoms with Crippen LogP contribution in [-0.4, -0.2) is 34.2 Å². The van der Waals surface area contributed by atoms with E-state index in [2.05, 4.69) is 39.5 Å². The third-order valence-corrected chi connectivity index (χ3v) is 4.14. The van der Waals surface area contributed by atoms with Gasteiger partial charge in [0.15, 0.2) is 0 Å². The van der Waals surface area contributed by atoms with E-state index in [1.807, 2.05) is 25.1 Å². The maximum absolute atomic E-state index is 12.0. The molecule has 0 unspecified atom stereocenters. The number of hydrogen-bond donors (Lipinski definition) is 1. The molecule has 0 spiro atoms. The molecule has 0 aliphatic rings. The first-order chi connectivity index (χ1) is 12.6. The topological polar surface area (TPSA) is 90.1 Å². The van der Waals surface area contributed by atoms with Gasteiger partial charge in [0.05, 0.1) is 12.3 Å². The predicted molar refractivity (Wildman–Crippen MR) is 98.3 cm³/mol. The van der Waals surface area contributed by atoms with Crippen LogP contribution in [0.5, 0.6) is 0 Å². The van der Waals surface area contributed by atoms with Gasteiger partial charge in [-0.1, -0.05) is 49.3 Å². The molecule has 7 heteroatoms. The molecule has 0 aliphatic carbocycles. The summed E-state index contributed by atoms with van der Waals surface area (Å²) in [6.45, 7) is 6.74. The average Bonchev–Trinajstić information content (AvgIpc) is 3.10. The van der Waals surface area contributed by atoms with E-state index in [9.17, 15) is 4.79 Å². The van der Waals surface area contributed by atoms with Crippen LogP contribution in [0.4, 0.5) is 5.82 Å². The maximum atomic E-state index is 12.0. The molecule has 2 aromatic heterocycles. The van der Waals surface area contributed by atoms with Crippen LogP contribution in [0, 0.1) is 0 Å². The Morgan fingerprint density at radius 2 is 2.00 bits per heavy atom.